The van der Waals surface area contributed by atoms with Gasteiger partial charge in [-0.05, 0) is 32.3 Å². The third-order valence-electron chi connectivity index (χ3n) is 5.98. The van der Waals surface area contributed by atoms with Gasteiger partial charge in [0.25, 0.3) is 11.5 Å². The summed E-state index contributed by atoms with van der Waals surface area (Å²) in [5.41, 5.74) is -0.568. The Morgan fingerprint density at radius 1 is 1.28 bits per heavy atom. The first-order valence-electron chi connectivity index (χ1n) is 9.58. The number of aryl methyl sites for hydroxylation is 1. The molecule has 0 spiro atoms. The van der Waals surface area contributed by atoms with Crippen molar-refractivity contribution in [3.05, 3.63) is 38.3 Å². The van der Waals surface area contributed by atoms with Crippen LogP contribution >= 0.6 is 0 Å². The Morgan fingerprint density at radius 2 is 1.93 bits per heavy atom. The van der Waals surface area contributed by atoms with E-state index >= 15 is 4.39 Å². The van der Waals surface area contributed by atoms with E-state index in [0.717, 1.165) is 18.9 Å². The van der Waals surface area contributed by atoms with E-state index in [1.54, 1.807) is 11.8 Å². The van der Waals surface area contributed by atoms with E-state index in [1.165, 1.54) is 4.57 Å². The maximum Gasteiger partial charge on any atom is 0.350 e. The van der Waals surface area contributed by atoms with Crippen LogP contribution in [0.15, 0.2) is 15.7 Å². The third-order valence-corrected chi connectivity index (χ3v) is 5.98. The third kappa shape index (κ3) is 3.09. The van der Waals surface area contributed by atoms with Crippen LogP contribution in [0.4, 0.5) is 18.9 Å². The average Bonchev–Trinajstić information content (AvgIpc) is 3.36. The molecule has 1 aromatic heterocycles. The fraction of sp³-hybridized carbons (Fsp3) is 0.579. The molecule has 1 saturated heterocycles. The molecule has 2 unspecified atom stereocenters. The Hall–Kier alpha value is -2.49. The minimum Gasteiger partial charge on any atom is -0.387 e. The average molecular weight is 412 g/mol. The summed E-state index contributed by atoms with van der Waals surface area (Å²) < 4.78 is 44.0. The molecule has 3 N–H and O–H groups in total. The van der Waals surface area contributed by atoms with Gasteiger partial charge >= 0.3 is 5.69 Å². The van der Waals surface area contributed by atoms with E-state index in [-0.39, 0.29) is 36.6 Å². The lowest BCUT2D eigenvalue weighted by Crippen LogP contribution is -2.44. The quantitative estimate of drug-likeness (QED) is 0.743. The minimum atomic E-state index is -3.25. The molecule has 1 aromatic carbocycles. The number of aliphatic hydroxyl groups is 1. The zero-order chi connectivity index (χ0) is 21.2. The minimum absolute atomic E-state index is 0.00798. The molecule has 158 valence electrons. The molecule has 2 heterocycles. The maximum atomic E-state index is 15.0. The van der Waals surface area contributed by atoms with E-state index < -0.39 is 35.0 Å². The Bertz CT molecular complexity index is 1100. The number of nitrogens with zero attached hydrogens (tertiary/aromatic N) is 3. The summed E-state index contributed by atoms with van der Waals surface area (Å²) in [7, 11) is 0. The summed E-state index contributed by atoms with van der Waals surface area (Å²) in [6.07, 6.45) is -0.0434. The highest BCUT2D eigenvalue weighted by atomic mass is 19.3. The number of hydrogen-bond donors (Lipinski definition) is 2. The van der Waals surface area contributed by atoms with Crippen molar-refractivity contribution in [2.75, 3.05) is 23.8 Å². The highest BCUT2D eigenvalue weighted by Crippen LogP contribution is 2.40. The number of hydrogen-bond acceptors (Lipinski definition) is 5. The molecule has 2 aliphatic rings. The lowest BCUT2D eigenvalue weighted by atomic mass is 9.97. The van der Waals surface area contributed by atoms with Crippen LogP contribution in [0.2, 0.25) is 0 Å². The van der Waals surface area contributed by atoms with Crippen LogP contribution in [0.25, 0.3) is 10.9 Å². The van der Waals surface area contributed by atoms with Gasteiger partial charge in [0.05, 0.1) is 16.6 Å². The van der Waals surface area contributed by atoms with Crippen LogP contribution in [0.3, 0.4) is 0 Å². The van der Waals surface area contributed by atoms with Crippen molar-refractivity contribution in [3.63, 3.8) is 0 Å². The molecule has 4 rings (SSSR count). The topological polar surface area (TPSA) is 93.5 Å². The highest BCUT2D eigenvalue weighted by Gasteiger charge is 2.42. The fourth-order valence-corrected chi connectivity index (χ4v) is 4.38. The smallest absolute Gasteiger partial charge is 0.350 e. The maximum absolute atomic E-state index is 15.0. The standard InChI is InChI=1S/C19H23F3N4O3/c1-9-14-12(17(28)26(23)18(29)25(14)11-3-4-11)7-13(20)15(9)24-6-5-10(8-24)16(27)19(2,21)22/h7,10-11,16,27H,3-6,8,23H2,1-2H3. The van der Waals surface area contributed by atoms with E-state index in [9.17, 15) is 23.5 Å². The molecule has 0 radical (unpaired) electrons. The Balaban J connectivity index is 1.85. The van der Waals surface area contributed by atoms with Crippen LogP contribution in [0, 0.1) is 18.7 Å². The predicted octanol–water partition coefficient (Wildman–Crippen LogP) is 1.50. The summed E-state index contributed by atoms with van der Waals surface area (Å²) >= 11 is 0. The molecule has 2 atom stereocenters. The summed E-state index contributed by atoms with van der Waals surface area (Å²) in [5.74, 6) is 0.948. The van der Waals surface area contributed by atoms with E-state index in [2.05, 4.69) is 0 Å². The van der Waals surface area contributed by atoms with Crippen LogP contribution in [0.1, 0.15) is 37.8 Å². The molecule has 2 aromatic rings. The molecule has 1 aliphatic heterocycles. The van der Waals surface area contributed by atoms with Crippen molar-refractivity contribution < 1.29 is 18.3 Å². The van der Waals surface area contributed by atoms with Gasteiger partial charge in [-0.3, -0.25) is 9.36 Å². The van der Waals surface area contributed by atoms with Crippen molar-refractivity contribution in [2.45, 2.75) is 51.2 Å². The number of aromatic nitrogens is 2. The fourth-order valence-electron chi connectivity index (χ4n) is 4.38. The number of alkyl halides is 2. The Labute approximate surface area is 164 Å². The number of benzene rings is 1. The Kier molecular flexibility index (Phi) is 4.45. The zero-order valence-corrected chi connectivity index (χ0v) is 16.2. The number of nitrogens with two attached hydrogens (primary N) is 1. The van der Waals surface area contributed by atoms with Crippen molar-refractivity contribution in [1.82, 2.24) is 9.24 Å². The number of aliphatic hydroxyl groups excluding tert-OH is 1. The van der Waals surface area contributed by atoms with Gasteiger partial charge in [0, 0.05) is 37.5 Å². The van der Waals surface area contributed by atoms with Crippen LogP contribution in [-0.2, 0) is 0 Å². The number of fused-ring (bicyclic) bond motifs is 1. The normalized spacial score (nSPS) is 21.2. The summed E-state index contributed by atoms with van der Waals surface area (Å²) in [4.78, 5) is 26.6. The van der Waals surface area contributed by atoms with Gasteiger partial charge in [0.1, 0.15) is 11.9 Å². The molecule has 0 bridgehead atoms. The van der Waals surface area contributed by atoms with Gasteiger partial charge in [0.2, 0.25) is 0 Å². The lowest BCUT2D eigenvalue weighted by Gasteiger charge is -2.26. The van der Waals surface area contributed by atoms with E-state index in [1.807, 2.05) is 0 Å². The molecule has 7 nitrogen and oxygen atoms in total. The first-order chi connectivity index (χ1) is 13.5. The molecule has 2 fully saturated rings. The Morgan fingerprint density at radius 3 is 2.52 bits per heavy atom. The summed E-state index contributed by atoms with van der Waals surface area (Å²) in [6.45, 7) is 2.60. The van der Waals surface area contributed by atoms with Crippen LogP contribution < -0.4 is 22.0 Å². The number of halogens is 3. The van der Waals surface area contributed by atoms with Gasteiger partial charge in [0.15, 0.2) is 0 Å². The molecule has 10 heteroatoms. The number of nitrogen functional groups attached to an aromatic ring is 1. The second-order valence-corrected chi connectivity index (χ2v) is 8.18. The zero-order valence-electron chi connectivity index (χ0n) is 16.2. The van der Waals surface area contributed by atoms with Crippen molar-refractivity contribution in [1.29, 1.82) is 0 Å². The molecule has 0 amide bonds. The first-order valence-corrected chi connectivity index (χ1v) is 9.58. The van der Waals surface area contributed by atoms with E-state index in [4.69, 9.17) is 5.84 Å². The second-order valence-electron chi connectivity index (χ2n) is 8.18. The van der Waals surface area contributed by atoms with Gasteiger partial charge < -0.3 is 15.8 Å². The molecule has 1 saturated carbocycles. The molecular formula is C19H23F3N4O3. The largest absolute Gasteiger partial charge is 0.387 e. The first kappa shape index (κ1) is 19.8. The second kappa shape index (κ2) is 6.51. The van der Waals surface area contributed by atoms with Crippen molar-refractivity contribution >= 4 is 16.6 Å². The van der Waals surface area contributed by atoms with E-state index in [0.29, 0.717) is 22.7 Å². The molecule has 29 heavy (non-hydrogen) atoms. The lowest BCUT2D eigenvalue weighted by molar-refractivity contribution is -0.114. The number of anilines is 1. The van der Waals surface area contributed by atoms with Gasteiger partial charge in [-0.1, -0.05) is 0 Å². The monoisotopic (exact) mass is 412 g/mol. The van der Waals surface area contributed by atoms with Gasteiger partial charge in [-0.2, -0.15) is 4.68 Å². The summed E-state index contributed by atoms with van der Waals surface area (Å²) in [5, 5.41) is 9.92. The predicted molar refractivity (Wildman–Crippen MR) is 103 cm³/mol. The van der Waals surface area contributed by atoms with Crippen LogP contribution in [0.5, 0.6) is 0 Å². The highest BCUT2D eigenvalue weighted by molar-refractivity contribution is 5.87. The van der Waals surface area contributed by atoms with Crippen molar-refractivity contribution in [3.8, 4) is 0 Å². The SMILES string of the molecule is Cc1c(N2CCC(C(O)C(C)(F)F)C2)c(F)cc2c(=O)n(N)c(=O)n(C3CC3)c12. The van der Waals surface area contributed by atoms with Crippen molar-refractivity contribution in [2.24, 2.45) is 5.92 Å². The number of rotatable bonds is 4. The van der Waals surface area contributed by atoms with Gasteiger partial charge in [-0.25, -0.2) is 18.0 Å². The van der Waals surface area contributed by atoms with Gasteiger partial charge in [-0.15, -0.1) is 0 Å². The molecular weight excluding hydrogens is 389 g/mol. The van der Waals surface area contributed by atoms with Crippen LogP contribution in [-0.4, -0.2) is 39.5 Å². The molecule has 1 aliphatic carbocycles. The summed E-state index contributed by atoms with van der Waals surface area (Å²) in [6, 6.07) is 0.948.